The van der Waals surface area contributed by atoms with Gasteiger partial charge in [0.05, 0.1) is 0 Å². The van der Waals surface area contributed by atoms with Crippen molar-refractivity contribution in [1.29, 1.82) is 0 Å². The van der Waals surface area contributed by atoms with Crippen LogP contribution in [0.25, 0.3) is 0 Å². The van der Waals surface area contributed by atoms with E-state index in [1.54, 1.807) is 0 Å². The molecule has 104 valence electrons. The van der Waals surface area contributed by atoms with E-state index in [4.69, 9.17) is 4.74 Å². The fourth-order valence-electron chi connectivity index (χ4n) is 2.85. The molecule has 18 heavy (non-hydrogen) atoms. The highest BCUT2D eigenvalue weighted by molar-refractivity contribution is 5.75. The lowest BCUT2D eigenvalue weighted by Crippen LogP contribution is -2.47. The van der Waals surface area contributed by atoms with E-state index in [1.807, 2.05) is 0 Å². The Morgan fingerprint density at radius 1 is 1.44 bits per heavy atom. The van der Waals surface area contributed by atoms with Crippen LogP contribution in [0.2, 0.25) is 0 Å². The third-order valence-corrected chi connectivity index (χ3v) is 4.25. The molecule has 2 N–H and O–H groups in total. The predicted octanol–water partition coefficient (Wildman–Crippen LogP) is 1.31. The Bertz CT molecular complexity index is 265. The molecule has 2 heterocycles. The van der Waals surface area contributed by atoms with Gasteiger partial charge < -0.3 is 15.4 Å². The van der Waals surface area contributed by atoms with Crippen molar-refractivity contribution in [3.63, 3.8) is 0 Å². The van der Waals surface area contributed by atoms with E-state index < -0.39 is 0 Å². The number of rotatable bonds is 5. The molecule has 2 aliphatic rings. The molecule has 2 rings (SSSR count). The average Bonchev–Trinajstić information content (AvgIpc) is 2.88. The molecule has 3 atom stereocenters. The number of nitrogens with one attached hydrogen (secondary N) is 2. The summed E-state index contributed by atoms with van der Waals surface area (Å²) in [6.07, 6.45) is 5.27. The first kappa shape index (κ1) is 13.8. The van der Waals surface area contributed by atoms with Crippen LogP contribution in [0.5, 0.6) is 0 Å². The highest BCUT2D eigenvalue weighted by Gasteiger charge is 2.21. The quantitative estimate of drug-likeness (QED) is 0.777. The third-order valence-electron chi connectivity index (χ3n) is 4.25. The van der Waals surface area contributed by atoms with Crippen LogP contribution in [0.1, 0.15) is 39.0 Å². The van der Waals surface area contributed by atoms with Crippen molar-refractivity contribution in [2.24, 2.45) is 11.8 Å². The zero-order valence-electron chi connectivity index (χ0n) is 11.4. The molecule has 0 aliphatic carbocycles. The summed E-state index contributed by atoms with van der Waals surface area (Å²) in [6.45, 7) is 5.84. The monoisotopic (exact) mass is 254 g/mol. The van der Waals surface area contributed by atoms with Gasteiger partial charge >= 0.3 is 0 Å². The molecule has 1 amide bonds. The second-order valence-electron chi connectivity index (χ2n) is 5.75. The van der Waals surface area contributed by atoms with Crippen LogP contribution in [0.4, 0.5) is 0 Å². The van der Waals surface area contributed by atoms with Crippen molar-refractivity contribution in [2.45, 2.75) is 45.1 Å². The number of ether oxygens (including phenoxy) is 1. The van der Waals surface area contributed by atoms with Crippen molar-refractivity contribution in [3.05, 3.63) is 0 Å². The summed E-state index contributed by atoms with van der Waals surface area (Å²) >= 11 is 0. The summed E-state index contributed by atoms with van der Waals surface area (Å²) < 4.78 is 5.32. The van der Waals surface area contributed by atoms with Crippen LogP contribution >= 0.6 is 0 Å². The Morgan fingerprint density at radius 2 is 2.33 bits per heavy atom. The summed E-state index contributed by atoms with van der Waals surface area (Å²) in [4.78, 5) is 11.8. The van der Waals surface area contributed by atoms with Crippen molar-refractivity contribution in [1.82, 2.24) is 10.6 Å². The first-order chi connectivity index (χ1) is 8.75. The highest BCUT2D eigenvalue weighted by Crippen LogP contribution is 2.18. The largest absolute Gasteiger partial charge is 0.381 e. The smallest absolute Gasteiger partial charge is 0.220 e. The SMILES string of the molecule is CC1CCCNC1CNC(=O)CCC1CCOC1. The van der Waals surface area contributed by atoms with Gasteiger partial charge in [0, 0.05) is 32.2 Å². The summed E-state index contributed by atoms with van der Waals surface area (Å²) in [5.41, 5.74) is 0. The Kier molecular flexibility index (Phi) is 5.45. The molecule has 3 unspecified atom stereocenters. The summed E-state index contributed by atoms with van der Waals surface area (Å²) in [5.74, 6) is 1.46. The minimum absolute atomic E-state index is 0.196. The van der Waals surface area contributed by atoms with Gasteiger partial charge in [0.1, 0.15) is 0 Å². The second-order valence-corrected chi connectivity index (χ2v) is 5.75. The standard InChI is InChI=1S/C14H26N2O2/c1-11-3-2-7-15-13(11)9-16-14(17)5-4-12-6-8-18-10-12/h11-13,15H,2-10H2,1H3,(H,16,17). The number of amides is 1. The number of carbonyl (C=O) groups is 1. The molecule has 2 aliphatic heterocycles. The van der Waals surface area contributed by atoms with E-state index in [0.29, 0.717) is 24.3 Å². The van der Waals surface area contributed by atoms with Gasteiger partial charge in [0.15, 0.2) is 0 Å². The predicted molar refractivity (Wildman–Crippen MR) is 71.4 cm³/mol. The lowest BCUT2D eigenvalue weighted by atomic mass is 9.93. The van der Waals surface area contributed by atoms with Crippen LogP contribution < -0.4 is 10.6 Å². The molecule has 2 saturated heterocycles. The average molecular weight is 254 g/mol. The maximum atomic E-state index is 11.8. The summed E-state index contributed by atoms with van der Waals surface area (Å²) in [6, 6.07) is 0.456. The Balaban J connectivity index is 1.58. The second kappa shape index (κ2) is 7.10. The van der Waals surface area contributed by atoms with Crippen LogP contribution in [0, 0.1) is 11.8 Å². The minimum atomic E-state index is 0.196. The molecule has 4 nitrogen and oxygen atoms in total. The minimum Gasteiger partial charge on any atom is -0.381 e. The Morgan fingerprint density at radius 3 is 3.06 bits per heavy atom. The number of piperidine rings is 1. The number of hydrogen-bond donors (Lipinski definition) is 2. The molecule has 0 spiro atoms. The topological polar surface area (TPSA) is 50.4 Å². The molecule has 0 aromatic carbocycles. The molecule has 0 bridgehead atoms. The Hall–Kier alpha value is -0.610. The lowest BCUT2D eigenvalue weighted by molar-refractivity contribution is -0.121. The van der Waals surface area contributed by atoms with E-state index in [0.717, 1.165) is 39.1 Å². The van der Waals surface area contributed by atoms with Gasteiger partial charge in [-0.1, -0.05) is 6.92 Å². The van der Waals surface area contributed by atoms with Crippen molar-refractivity contribution >= 4 is 5.91 Å². The molecular weight excluding hydrogens is 228 g/mol. The fraction of sp³-hybridized carbons (Fsp3) is 0.929. The first-order valence-corrected chi connectivity index (χ1v) is 7.33. The van der Waals surface area contributed by atoms with Gasteiger partial charge in [-0.15, -0.1) is 0 Å². The van der Waals surface area contributed by atoms with Gasteiger partial charge in [-0.3, -0.25) is 4.79 Å². The van der Waals surface area contributed by atoms with Gasteiger partial charge in [-0.2, -0.15) is 0 Å². The zero-order chi connectivity index (χ0) is 12.8. The van der Waals surface area contributed by atoms with Crippen LogP contribution in [0.3, 0.4) is 0 Å². The lowest BCUT2D eigenvalue weighted by Gasteiger charge is -2.30. The van der Waals surface area contributed by atoms with Gasteiger partial charge in [0.25, 0.3) is 0 Å². The molecule has 2 fully saturated rings. The van der Waals surface area contributed by atoms with Gasteiger partial charge in [-0.05, 0) is 44.1 Å². The Labute approximate surface area is 110 Å². The first-order valence-electron chi connectivity index (χ1n) is 7.33. The van der Waals surface area contributed by atoms with E-state index in [9.17, 15) is 4.79 Å². The van der Waals surface area contributed by atoms with E-state index in [1.165, 1.54) is 12.8 Å². The highest BCUT2D eigenvalue weighted by atomic mass is 16.5. The number of carbonyl (C=O) groups excluding carboxylic acids is 1. The van der Waals surface area contributed by atoms with Crippen molar-refractivity contribution < 1.29 is 9.53 Å². The molecule has 0 radical (unpaired) electrons. The number of hydrogen-bond acceptors (Lipinski definition) is 3. The van der Waals surface area contributed by atoms with Crippen molar-refractivity contribution in [2.75, 3.05) is 26.3 Å². The van der Waals surface area contributed by atoms with Gasteiger partial charge in [0.2, 0.25) is 5.91 Å². The fourth-order valence-corrected chi connectivity index (χ4v) is 2.85. The summed E-state index contributed by atoms with van der Waals surface area (Å²) in [7, 11) is 0. The molecule has 0 aromatic heterocycles. The van der Waals surface area contributed by atoms with Gasteiger partial charge in [-0.25, -0.2) is 0 Å². The van der Waals surface area contributed by atoms with E-state index in [-0.39, 0.29) is 5.91 Å². The summed E-state index contributed by atoms with van der Waals surface area (Å²) in [5, 5.41) is 6.55. The van der Waals surface area contributed by atoms with Crippen LogP contribution in [-0.2, 0) is 9.53 Å². The molecule has 0 saturated carbocycles. The van der Waals surface area contributed by atoms with E-state index in [2.05, 4.69) is 17.6 Å². The van der Waals surface area contributed by atoms with Crippen LogP contribution in [-0.4, -0.2) is 38.3 Å². The zero-order valence-corrected chi connectivity index (χ0v) is 11.4. The van der Waals surface area contributed by atoms with Crippen molar-refractivity contribution in [3.8, 4) is 0 Å². The maximum Gasteiger partial charge on any atom is 0.220 e. The maximum absolute atomic E-state index is 11.8. The molecule has 0 aromatic rings. The normalized spacial score (nSPS) is 32.4. The molecule has 4 heteroatoms. The van der Waals surface area contributed by atoms with E-state index >= 15 is 0 Å². The third kappa shape index (κ3) is 4.25. The molecular formula is C14H26N2O2. The van der Waals surface area contributed by atoms with Crippen LogP contribution in [0.15, 0.2) is 0 Å².